The maximum absolute atomic E-state index is 14.4. The first kappa shape index (κ1) is 39.2. The maximum Gasteiger partial charge on any atom is 0.313 e. The van der Waals surface area contributed by atoms with Crippen molar-refractivity contribution in [2.24, 2.45) is 27.6 Å². The van der Waals surface area contributed by atoms with Gasteiger partial charge in [0.15, 0.2) is 34.5 Å². The topological polar surface area (TPSA) is 179 Å². The summed E-state index contributed by atoms with van der Waals surface area (Å²) < 4.78 is 0.259. The summed E-state index contributed by atoms with van der Waals surface area (Å²) in [6.45, 7) is 3.10. The van der Waals surface area contributed by atoms with Crippen LogP contribution in [0.25, 0.3) is 0 Å². The molecular weight excluding hydrogens is 763 g/mol. The number of benzene rings is 3. The Morgan fingerprint density at radius 3 is 1.67 bits per heavy atom. The molecule has 3 bridgehead atoms. The number of quaternary nitrogens is 1. The number of hydrogen-bond acceptors (Lipinski definition) is 9. The largest absolute Gasteiger partial charge is 0.504 e. The minimum absolute atomic E-state index is 0.00611. The van der Waals surface area contributed by atoms with E-state index in [0.717, 1.165) is 91.2 Å². The molecule has 4 fully saturated rings. The first-order chi connectivity index (χ1) is 28.5. The van der Waals surface area contributed by atoms with Crippen molar-refractivity contribution in [3.8, 4) is 34.5 Å². The lowest BCUT2D eigenvalue weighted by atomic mass is 9.37. The first-order valence-electron chi connectivity index (χ1n) is 22.1. The Balaban J connectivity index is 0.871. The number of phenolic OH excluding ortho intramolecular Hbond substituents is 6. The molecule has 12 heteroatoms. The number of carbonyl (C=O) groups excluding carboxylic acids is 3. The van der Waals surface area contributed by atoms with Gasteiger partial charge in [-0.1, -0.05) is 0 Å². The molecule has 3 aromatic carbocycles. The highest BCUT2D eigenvalue weighted by molar-refractivity contribution is 5.77. The molecule has 7 aliphatic rings. The van der Waals surface area contributed by atoms with Gasteiger partial charge in [-0.15, -0.1) is 0 Å². The average molecular weight is 821 g/mol. The number of fused-ring (bicyclic) bond motifs is 5. The van der Waals surface area contributed by atoms with Crippen LogP contribution in [-0.4, -0.2) is 89.3 Å². The van der Waals surface area contributed by atoms with Crippen molar-refractivity contribution in [2.45, 2.75) is 116 Å². The van der Waals surface area contributed by atoms with Gasteiger partial charge in [0.2, 0.25) is 11.8 Å². The standard InChI is InChI=1S/C48H57N3O9/c1-51(13-7-32-16-38(54)41(57)19-35(32)25-51)44(60)4-10-47-26-45(8-2-42(58)49-11-5-30-14-36(52)39(55)17-33(30)23-49)20-29-21-46(28-47,48(47,22-29)27-45)9-3-43(59)50-12-6-31-15-37(53)40(56)18-34(31)24-50/h14-19,29H,2-13,20-28H2,1H3,(H5-,52,53,54,55,56,57)/p+1. The van der Waals surface area contributed by atoms with Gasteiger partial charge in [0.1, 0.15) is 6.54 Å². The molecule has 4 saturated carbocycles. The summed E-state index contributed by atoms with van der Waals surface area (Å²) in [4.78, 5) is 46.1. The lowest BCUT2D eigenvalue weighted by Crippen LogP contribution is -2.61. The van der Waals surface area contributed by atoms with Crippen LogP contribution in [0.2, 0.25) is 0 Å². The Hall–Kier alpha value is -4.97. The summed E-state index contributed by atoms with van der Waals surface area (Å²) >= 11 is 0. The van der Waals surface area contributed by atoms with E-state index >= 15 is 0 Å². The van der Waals surface area contributed by atoms with Gasteiger partial charge in [-0.3, -0.25) is 14.1 Å². The fraction of sp³-hybridized carbons (Fsp3) is 0.562. The van der Waals surface area contributed by atoms with E-state index in [1.54, 1.807) is 36.4 Å². The van der Waals surface area contributed by atoms with Gasteiger partial charge >= 0.3 is 5.91 Å². The summed E-state index contributed by atoms with van der Waals surface area (Å²) in [7, 11) is 2.00. The van der Waals surface area contributed by atoms with E-state index < -0.39 is 0 Å². The molecule has 6 unspecified atom stereocenters. The normalized spacial score (nSPS) is 31.9. The Morgan fingerprint density at radius 2 is 1.08 bits per heavy atom. The molecule has 3 heterocycles. The molecule has 0 aromatic heterocycles. The van der Waals surface area contributed by atoms with Crippen LogP contribution in [0.1, 0.15) is 110 Å². The molecule has 6 atom stereocenters. The molecule has 3 aliphatic heterocycles. The van der Waals surface area contributed by atoms with Crippen molar-refractivity contribution < 1.29 is 49.5 Å². The van der Waals surface area contributed by atoms with E-state index in [1.807, 2.05) is 16.8 Å². The van der Waals surface area contributed by atoms with Crippen LogP contribution in [0.3, 0.4) is 0 Å². The number of likely N-dealkylation sites (N-methyl/N-ethyl adjacent to an activating group) is 1. The van der Waals surface area contributed by atoms with Crippen molar-refractivity contribution in [1.29, 1.82) is 0 Å². The molecule has 60 heavy (non-hydrogen) atoms. The predicted molar refractivity (Wildman–Crippen MR) is 220 cm³/mol. The zero-order valence-corrected chi connectivity index (χ0v) is 34.6. The average Bonchev–Trinajstić information content (AvgIpc) is 3.50. The quantitative estimate of drug-likeness (QED) is 0.105. The van der Waals surface area contributed by atoms with Crippen LogP contribution < -0.4 is 0 Å². The van der Waals surface area contributed by atoms with E-state index in [4.69, 9.17) is 0 Å². The van der Waals surface area contributed by atoms with Crippen molar-refractivity contribution in [3.05, 3.63) is 69.8 Å². The van der Waals surface area contributed by atoms with Gasteiger partial charge in [-0.2, -0.15) is 0 Å². The molecule has 0 radical (unpaired) electrons. The minimum atomic E-state index is -0.169. The number of aromatic hydroxyl groups is 6. The number of nitrogens with zero attached hydrogens (tertiary/aromatic N) is 3. The smallest absolute Gasteiger partial charge is 0.313 e. The zero-order valence-electron chi connectivity index (χ0n) is 34.6. The second-order valence-corrected chi connectivity index (χ2v) is 20.5. The summed E-state index contributed by atoms with van der Waals surface area (Å²) in [6.07, 6.45) is 12.0. The third-order valence-corrected chi connectivity index (χ3v) is 17.3. The van der Waals surface area contributed by atoms with Crippen LogP contribution in [0, 0.1) is 27.6 Å². The van der Waals surface area contributed by atoms with Gasteiger partial charge in [-0.05, 0) is 162 Å². The maximum atomic E-state index is 14.4. The van der Waals surface area contributed by atoms with Crippen LogP contribution in [-0.2, 0) is 53.3 Å². The van der Waals surface area contributed by atoms with E-state index in [2.05, 4.69) is 0 Å². The first-order valence-corrected chi connectivity index (χ1v) is 22.1. The highest BCUT2D eigenvalue weighted by Gasteiger charge is 2.82. The summed E-state index contributed by atoms with van der Waals surface area (Å²) in [5.74, 6) is 0.0552. The van der Waals surface area contributed by atoms with Crippen LogP contribution in [0.15, 0.2) is 36.4 Å². The lowest BCUT2D eigenvalue weighted by molar-refractivity contribution is -0.850. The van der Waals surface area contributed by atoms with Crippen LogP contribution in [0.4, 0.5) is 0 Å². The fourth-order valence-corrected chi connectivity index (χ4v) is 14.7. The SMILES string of the molecule is C[N+]1(C(=O)CCC23CC4(CCC(=O)N5CCc6cc(O)c(O)cc6C5)CC5CC(CCC(=O)N6CCc7cc(O)c(O)cc7C6)(C2)C3(C5)C4)CCc2cc(O)c(O)cc2C1. The molecule has 6 N–H and O–H groups in total. The molecule has 318 valence electrons. The van der Waals surface area contributed by atoms with Crippen LogP contribution in [0.5, 0.6) is 34.5 Å². The number of carbonyl (C=O) groups is 3. The number of rotatable bonds is 9. The van der Waals surface area contributed by atoms with Gasteiger partial charge in [-0.25, -0.2) is 4.79 Å². The Bertz CT molecular complexity index is 2350. The van der Waals surface area contributed by atoms with Crippen molar-refractivity contribution in [1.82, 2.24) is 9.80 Å². The van der Waals surface area contributed by atoms with Crippen LogP contribution >= 0.6 is 0 Å². The Kier molecular flexibility index (Phi) is 8.83. The molecule has 4 aliphatic carbocycles. The molecule has 0 saturated heterocycles. The number of phenols is 6. The third-order valence-electron chi connectivity index (χ3n) is 17.3. The van der Waals surface area contributed by atoms with Crippen molar-refractivity contribution in [2.75, 3.05) is 26.7 Å². The van der Waals surface area contributed by atoms with E-state index in [9.17, 15) is 45.0 Å². The second-order valence-electron chi connectivity index (χ2n) is 20.5. The summed E-state index contributed by atoms with van der Waals surface area (Å²) in [6, 6.07) is 9.59. The molecular formula is C48H58N3O9+. The molecule has 3 amide bonds. The summed E-state index contributed by atoms with van der Waals surface area (Å²) in [5.41, 5.74) is 5.52. The highest BCUT2D eigenvalue weighted by Crippen LogP contribution is 2.91. The van der Waals surface area contributed by atoms with Gasteiger partial charge in [0.25, 0.3) is 0 Å². The van der Waals surface area contributed by atoms with Crippen molar-refractivity contribution in [3.63, 3.8) is 0 Å². The Labute approximate surface area is 350 Å². The zero-order chi connectivity index (χ0) is 42.0. The monoisotopic (exact) mass is 820 g/mol. The Morgan fingerprint density at radius 1 is 0.583 bits per heavy atom. The second kappa shape index (κ2) is 13.5. The molecule has 3 aromatic rings. The minimum Gasteiger partial charge on any atom is -0.504 e. The van der Waals surface area contributed by atoms with E-state index in [0.29, 0.717) is 83.7 Å². The number of hydrogen-bond donors (Lipinski definition) is 6. The molecule has 1 spiro atoms. The van der Waals surface area contributed by atoms with E-state index in [-0.39, 0.29) is 78.4 Å². The lowest BCUT2D eigenvalue weighted by Gasteiger charge is -2.67. The van der Waals surface area contributed by atoms with Gasteiger partial charge in [0, 0.05) is 51.0 Å². The molecule has 10 rings (SSSR count). The van der Waals surface area contributed by atoms with Gasteiger partial charge in [0.05, 0.1) is 20.0 Å². The van der Waals surface area contributed by atoms with E-state index in [1.165, 1.54) is 0 Å². The molecule has 12 nitrogen and oxygen atoms in total. The fourth-order valence-electron chi connectivity index (χ4n) is 14.7. The van der Waals surface area contributed by atoms with Crippen molar-refractivity contribution >= 4 is 17.7 Å². The number of amides is 3. The third kappa shape index (κ3) is 5.97. The predicted octanol–water partition coefficient (Wildman–Crippen LogP) is 6.42. The highest BCUT2D eigenvalue weighted by atomic mass is 16.3. The summed E-state index contributed by atoms with van der Waals surface area (Å²) in [5, 5.41) is 60.7. The van der Waals surface area contributed by atoms with Gasteiger partial charge < -0.3 is 40.4 Å².